The number of carbonyl (C=O) groups excluding carboxylic acids is 2. The number of amides is 2. The van der Waals surface area contributed by atoms with E-state index in [-0.39, 0.29) is 18.2 Å². The van der Waals surface area contributed by atoms with E-state index >= 15 is 0 Å². The Morgan fingerprint density at radius 2 is 2.03 bits per heavy atom. The number of hydrogen-bond donors (Lipinski definition) is 1. The van der Waals surface area contributed by atoms with E-state index in [9.17, 15) is 9.59 Å². The highest BCUT2D eigenvalue weighted by molar-refractivity contribution is 7.09. The van der Waals surface area contributed by atoms with Crippen LogP contribution in [0.3, 0.4) is 0 Å². The van der Waals surface area contributed by atoms with Crippen LogP contribution in [0.2, 0.25) is 0 Å². The van der Waals surface area contributed by atoms with Crippen molar-refractivity contribution in [1.29, 1.82) is 0 Å². The third-order valence-corrected chi connectivity index (χ3v) is 5.68. The molecule has 3 rings (SSSR count). The molecule has 1 aliphatic heterocycles. The summed E-state index contributed by atoms with van der Waals surface area (Å²) in [5.41, 5.74) is 3.86. The van der Waals surface area contributed by atoms with Crippen LogP contribution < -0.4 is 5.32 Å². The van der Waals surface area contributed by atoms with E-state index in [0.717, 1.165) is 27.5 Å². The summed E-state index contributed by atoms with van der Waals surface area (Å²) in [5.74, 6) is 0.0367. The summed E-state index contributed by atoms with van der Waals surface area (Å²) in [6.45, 7) is 7.43. The van der Waals surface area contributed by atoms with E-state index in [1.165, 1.54) is 11.3 Å². The van der Waals surface area contributed by atoms with Gasteiger partial charge >= 0.3 is 0 Å². The number of rotatable bonds is 7. The van der Waals surface area contributed by atoms with Crippen molar-refractivity contribution in [3.05, 3.63) is 45.4 Å². The number of aryl methyl sites for hydroxylation is 2. The second-order valence-electron chi connectivity index (χ2n) is 7.44. The summed E-state index contributed by atoms with van der Waals surface area (Å²) in [6, 6.07) is 6.00. The molecule has 2 heterocycles. The van der Waals surface area contributed by atoms with Crippen LogP contribution in [0.15, 0.2) is 23.6 Å². The molecule has 1 fully saturated rings. The average Bonchev–Trinajstić information content (AvgIpc) is 3.11. The molecule has 1 aromatic heterocycles. The molecule has 7 nitrogen and oxygen atoms in total. The fourth-order valence-corrected chi connectivity index (χ4v) is 3.96. The number of ether oxygens (including phenoxy) is 1. The Hall–Kier alpha value is -2.29. The monoisotopic (exact) mass is 416 g/mol. The lowest BCUT2D eigenvalue weighted by molar-refractivity contribution is -0.136. The van der Waals surface area contributed by atoms with Gasteiger partial charge in [0.15, 0.2) is 0 Å². The molecule has 1 N–H and O–H groups in total. The van der Waals surface area contributed by atoms with Crippen LogP contribution >= 0.6 is 11.3 Å². The van der Waals surface area contributed by atoms with Gasteiger partial charge in [0.2, 0.25) is 11.8 Å². The van der Waals surface area contributed by atoms with Crippen LogP contribution in [0, 0.1) is 13.8 Å². The van der Waals surface area contributed by atoms with Crippen LogP contribution in [0.25, 0.3) is 0 Å². The molecule has 0 saturated carbocycles. The Labute approximate surface area is 175 Å². The molecule has 2 aromatic rings. The van der Waals surface area contributed by atoms with Crippen LogP contribution in [-0.2, 0) is 27.3 Å². The molecule has 0 aliphatic carbocycles. The molecule has 156 valence electrons. The zero-order valence-electron chi connectivity index (χ0n) is 17.2. The van der Waals surface area contributed by atoms with Crippen LogP contribution in [0.5, 0.6) is 0 Å². The summed E-state index contributed by atoms with van der Waals surface area (Å²) < 4.78 is 5.29. The number of thiazole rings is 1. The molecule has 29 heavy (non-hydrogen) atoms. The molecule has 2 amide bonds. The number of aromatic nitrogens is 1. The maximum absolute atomic E-state index is 12.4. The van der Waals surface area contributed by atoms with Crippen molar-refractivity contribution < 1.29 is 14.3 Å². The number of morpholine rings is 1. The normalized spacial score (nSPS) is 14.3. The Balaban J connectivity index is 1.49. The lowest BCUT2D eigenvalue weighted by Crippen LogP contribution is -2.44. The van der Waals surface area contributed by atoms with Gasteiger partial charge < -0.3 is 15.0 Å². The molecular weight excluding hydrogens is 388 g/mol. The van der Waals surface area contributed by atoms with Crippen molar-refractivity contribution in [3.63, 3.8) is 0 Å². The van der Waals surface area contributed by atoms with Gasteiger partial charge in [-0.2, -0.15) is 0 Å². The van der Waals surface area contributed by atoms with Crippen molar-refractivity contribution in [3.8, 4) is 0 Å². The Bertz CT molecular complexity index is 861. The number of carbonyl (C=O) groups is 2. The van der Waals surface area contributed by atoms with Crippen LogP contribution in [-0.4, -0.2) is 66.5 Å². The van der Waals surface area contributed by atoms with Crippen molar-refractivity contribution in [2.45, 2.75) is 26.8 Å². The first-order valence-electron chi connectivity index (χ1n) is 9.75. The molecule has 0 unspecified atom stereocenters. The molecule has 0 atom stereocenters. The van der Waals surface area contributed by atoms with Crippen LogP contribution in [0.4, 0.5) is 5.69 Å². The van der Waals surface area contributed by atoms with Gasteiger partial charge in [-0.25, -0.2) is 4.98 Å². The summed E-state index contributed by atoms with van der Waals surface area (Å²) in [6.07, 6.45) is 0.245. The van der Waals surface area contributed by atoms with E-state index in [1.54, 1.807) is 0 Å². The van der Waals surface area contributed by atoms with E-state index in [1.807, 2.05) is 54.3 Å². The largest absolute Gasteiger partial charge is 0.378 e. The minimum Gasteiger partial charge on any atom is -0.378 e. The Kier molecular flexibility index (Phi) is 7.35. The fraction of sp³-hybridized carbons (Fsp3) is 0.476. The quantitative estimate of drug-likeness (QED) is 0.749. The predicted molar refractivity (Wildman–Crippen MR) is 114 cm³/mol. The summed E-state index contributed by atoms with van der Waals surface area (Å²) in [4.78, 5) is 33.1. The van der Waals surface area contributed by atoms with Gasteiger partial charge in [-0.05, 0) is 38.1 Å². The summed E-state index contributed by atoms with van der Waals surface area (Å²) in [5, 5.41) is 5.70. The van der Waals surface area contributed by atoms with Crippen molar-refractivity contribution in [1.82, 2.24) is 14.8 Å². The highest BCUT2D eigenvalue weighted by Crippen LogP contribution is 2.18. The molecule has 0 bridgehead atoms. The minimum atomic E-state index is -0.0737. The molecule has 1 aliphatic rings. The third kappa shape index (κ3) is 6.35. The van der Waals surface area contributed by atoms with Crippen molar-refractivity contribution >= 4 is 28.8 Å². The highest BCUT2D eigenvalue weighted by Gasteiger charge is 2.19. The Morgan fingerprint density at radius 1 is 1.28 bits per heavy atom. The highest BCUT2D eigenvalue weighted by atomic mass is 32.1. The summed E-state index contributed by atoms with van der Waals surface area (Å²) >= 11 is 1.47. The van der Waals surface area contributed by atoms with Crippen molar-refractivity contribution in [2.24, 2.45) is 0 Å². The van der Waals surface area contributed by atoms with Gasteiger partial charge in [0.25, 0.3) is 0 Å². The summed E-state index contributed by atoms with van der Waals surface area (Å²) in [7, 11) is 1.91. The van der Waals surface area contributed by atoms with Crippen LogP contribution in [0.1, 0.15) is 21.8 Å². The molecule has 0 radical (unpaired) electrons. The van der Waals surface area contributed by atoms with E-state index in [0.29, 0.717) is 39.4 Å². The van der Waals surface area contributed by atoms with Gasteiger partial charge in [-0.15, -0.1) is 11.3 Å². The number of hydrogen-bond acceptors (Lipinski definition) is 6. The van der Waals surface area contributed by atoms with E-state index < -0.39 is 0 Å². The molecule has 1 aromatic carbocycles. The van der Waals surface area contributed by atoms with Crippen molar-refractivity contribution in [2.75, 3.05) is 45.2 Å². The zero-order chi connectivity index (χ0) is 20.8. The van der Waals surface area contributed by atoms with E-state index in [4.69, 9.17) is 4.74 Å². The topological polar surface area (TPSA) is 74.8 Å². The maximum Gasteiger partial charge on any atom is 0.236 e. The minimum absolute atomic E-state index is 0.0737. The van der Waals surface area contributed by atoms with E-state index in [2.05, 4.69) is 10.3 Å². The second kappa shape index (κ2) is 9.96. The first-order chi connectivity index (χ1) is 13.9. The smallest absolute Gasteiger partial charge is 0.236 e. The van der Waals surface area contributed by atoms with Gasteiger partial charge in [0, 0.05) is 30.7 Å². The third-order valence-electron chi connectivity index (χ3n) is 4.78. The first kappa shape index (κ1) is 21.4. The molecule has 0 spiro atoms. The molecule has 1 saturated heterocycles. The lowest BCUT2D eigenvalue weighted by atomic mass is 10.1. The number of benzene rings is 1. The SMILES string of the molecule is Cc1ccc(C)c(NC(=O)Cc2nc(CN(C)CC(=O)N3CCOCC3)cs2)c1. The Morgan fingerprint density at radius 3 is 2.79 bits per heavy atom. The predicted octanol–water partition coefficient (Wildman–Crippen LogP) is 2.23. The number of nitrogens with zero attached hydrogens (tertiary/aromatic N) is 3. The number of anilines is 1. The maximum atomic E-state index is 12.4. The van der Waals surface area contributed by atoms with Gasteiger partial charge in [-0.1, -0.05) is 12.1 Å². The number of nitrogens with one attached hydrogen (secondary N) is 1. The molecule has 8 heteroatoms. The molecular formula is C21H28N4O3S. The average molecular weight is 417 g/mol. The van der Waals surface area contributed by atoms with Gasteiger partial charge in [0.05, 0.1) is 31.9 Å². The lowest BCUT2D eigenvalue weighted by Gasteiger charge is -2.28. The van der Waals surface area contributed by atoms with Gasteiger partial charge in [0.1, 0.15) is 5.01 Å². The number of likely N-dealkylation sites (N-methyl/N-ethyl adjacent to an activating group) is 1. The van der Waals surface area contributed by atoms with Gasteiger partial charge in [-0.3, -0.25) is 14.5 Å². The standard InChI is InChI=1S/C21H28N4O3S/c1-15-4-5-16(2)18(10-15)23-19(26)11-20-22-17(14-29-20)12-24(3)13-21(27)25-6-8-28-9-7-25/h4-5,10,14H,6-9,11-13H2,1-3H3,(H,23,26). The fourth-order valence-electron chi connectivity index (χ4n) is 3.18. The zero-order valence-corrected chi connectivity index (χ0v) is 18.1. The first-order valence-corrected chi connectivity index (χ1v) is 10.6. The second-order valence-corrected chi connectivity index (χ2v) is 8.38.